The van der Waals surface area contributed by atoms with E-state index in [0.717, 1.165) is 6.42 Å². The Morgan fingerprint density at radius 2 is 2.42 bits per heavy atom. The molecule has 1 N–H and O–H groups in total. The third kappa shape index (κ3) is 2.21. The van der Waals surface area contributed by atoms with Crippen LogP contribution in [-0.2, 0) is 9.53 Å². The van der Waals surface area contributed by atoms with Gasteiger partial charge in [-0.05, 0) is 5.92 Å². The van der Waals surface area contributed by atoms with Gasteiger partial charge >= 0.3 is 5.97 Å². The first kappa shape index (κ1) is 9.52. The predicted molar refractivity (Wildman–Crippen MR) is 44.6 cm³/mol. The summed E-state index contributed by atoms with van der Waals surface area (Å²) in [4.78, 5) is 10.9. The number of rotatable bonds is 2. The van der Waals surface area contributed by atoms with Gasteiger partial charge in [-0.1, -0.05) is 20.3 Å². The van der Waals surface area contributed by atoms with E-state index in [-0.39, 0.29) is 18.5 Å². The number of cyclic esters (lactones) is 1. The number of aliphatic hydroxyl groups is 1. The van der Waals surface area contributed by atoms with Gasteiger partial charge in [0.15, 0.2) is 0 Å². The van der Waals surface area contributed by atoms with E-state index in [2.05, 4.69) is 6.92 Å². The lowest BCUT2D eigenvalue weighted by Crippen LogP contribution is -2.36. The molecule has 1 rings (SSSR count). The fourth-order valence-corrected chi connectivity index (χ4v) is 1.42. The van der Waals surface area contributed by atoms with E-state index in [9.17, 15) is 9.90 Å². The maximum Gasteiger partial charge on any atom is 0.308 e. The SMILES string of the molecule is CC[C@H](C)[C@@H]1C[C@H](O)CC(=O)O1. The molecule has 0 amide bonds. The average Bonchev–Trinajstić information content (AvgIpc) is 2.01. The van der Waals surface area contributed by atoms with Crippen molar-refractivity contribution in [1.82, 2.24) is 0 Å². The molecule has 1 aliphatic rings. The molecule has 0 bridgehead atoms. The Kier molecular flexibility index (Phi) is 3.09. The van der Waals surface area contributed by atoms with Crippen molar-refractivity contribution in [3.8, 4) is 0 Å². The predicted octanol–water partition coefficient (Wildman–Crippen LogP) is 1.10. The maximum absolute atomic E-state index is 10.9. The fourth-order valence-electron chi connectivity index (χ4n) is 1.42. The van der Waals surface area contributed by atoms with E-state index in [1.165, 1.54) is 0 Å². The Morgan fingerprint density at radius 3 is 2.92 bits per heavy atom. The van der Waals surface area contributed by atoms with Gasteiger partial charge in [0.2, 0.25) is 0 Å². The van der Waals surface area contributed by atoms with E-state index in [1.807, 2.05) is 6.92 Å². The summed E-state index contributed by atoms with van der Waals surface area (Å²) in [6.45, 7) is 4.09. The van der Waals surface area contributed by atoms with Crippen molar-refractivity contribution >= 4 is 5.97 Å². The zero-order valence-electron chi connectivity index (χ0n) is 7.62. The number of carbonyl (C=O) groups excluding carboxylic acids is 1. The number of esters is 1. The molecule has 12 heavy (non-hydrogen) atoms. The van der Waals surface area contributed by atoms with E-state index in [1.54, 1.807) is 0 Å². The lowest BCUT2D eigenvalue weighted by Gasteiger charge is -2.29. The van der Waals surface area contributed by atoms with Crippen LogP contribution in [0.5, 0.6) is 0 Å². The summed E-state index contributed by atoms with van der Waals surface area (Å²) in [6, 6.07) is 0. The highest BCUT2D eigenvalue weighted by Crippen LogP contribution is 2.22. The van der Waals surface area contributed by atoms with Crippen LogP contribution < -0.4 is 0 Å². The summed E-state index contributed by atoms with van der Waals surface area (Å²) < 4.78 is 5.11. The number of hydrogen-bond donors (Lipinski definition) is 1. The highest BCUT2D eigenvalue weighted by atomic mass is 16.5. The van der Waals surface area contributed by atoms with Gasteiger partial charge in [0.25, 0.3) is 0 Å². The van der Waals surface area contributed by atoms with E-state index >= 15 is 0 Å². The number of carbonyl (C=O) groups is 1. The molecule has 0 spiro atoms. The summed E-state index contributed by atoms with van der Waals surface area (Å²) in [5.41, 5.74) is 0. The lowest BCUT2D eigenvalue weighted by atomic mass is 9.94. The molecule has 3 heteroatoms. The number of ether oxygens (including phenoxy) is 1. The standard InChI is InChI=1S/C9H16O3/c1-3-6(2)8-4-7(10)5-9(11)12-8/h6-8,10H,3-5H2,1-2H3/t6-,7-,8-/m0/s1. The molecule has 0 aromatic heterocycles. The second kappa shape index (κ2) is 3.90. The Labute approximate surface area is 72.7 Å². The van der Waals surface area contributed by atoms with Gasteiger partial charge in [0, 0.05) is 6.42 Å². The minimum atomic E-state index is -0.495. The highest BCUT2D eigenvalue weighted by molar-refractivity contribution is 5.70. The topological polar surface area (TPSA) is 46.5 Å². The molecule has 0 aromatic carbocycles. The molecular formula is C9H16O3. The van der Waals surface area contributed by atoms with Crippen molar-refractivity contribution < 1.29 is 14.6 Å². The van der Waals surface area contributed by atoms with Crippen molar-refractivity contribution in [3.05, 3.63) is 0 Å². The van der Waals surface area contributed by atoms with Gasteiger partial charge in [0.1, 0.15) is 6.10 Å². The Balaban J connectivity index is 2.49. The second-order valence-electron chi connectivity index (χ2n) is 3.51. The van der Waals surface area contributed by atoms with Gasteiger partial charge < -0.3 is 9.84 Å². The van der Waals surface area contributed by atoms with Crippen molar-refractivity contribution in [2.75, 3.05) is 0 Å². The van der Waals surface area contributed by atoms with Crippen molar-refractivity contribution in [2.24, 2.45) is 5.92 Å². The number of hydrogen-bond acceptors (Lipinski definition) is 3. The zero-order valence-corrected chi connectivity index (χ0v) is 7.62. The highest BCUT2D eigenvalue weighted by Gasteiger charge is 2.29. The molecule has 0 aromatic rings. The van der Waals surface area contributed by atoms with Crippen LogP contribution in [-0.4, -0.2) is 23.3 Å². The quantitative estimate of drug-likeness (QED) is 0.634. The average molecular weight is 172 g/mol. The van der Waals surface area contributed by atoms with Crippen LogP contribution in [0.1, 0.15) is 33.1 Å². The molecule has 1 saturated heterocycles. The van der Waals surface area contributed by atoms with Crippen molar-refractivity contribution in [2.45, 2.75) is 45.3 Å². The van der Waals surface area contributed by atoms with Gasteiger partial charge in [-0.2, -0.15) is 0 Å². The lowest BCUT2D eigenvalue weighted by molar-refractivity contribution is -0.163. The van der Waals surface area contributed by atoms with Crippen LogP contribution in [0, 0.1) is 5.92 Å². The molecule has 3 nitrogen and oxygen atoms in total. The molecule has 1 heterocycles. The van der Waals surface area contributed by atoms with Crippen LogP contribution in [0.15, 0.2) is 0 Å². The molecule has 1 fully saturated rings. The molecule has 0 radical (unpaired) electrons. The minimum absolute atomic E-state index is 0.0775. The summed E-state index contributed by atoms with van der Waals surface area (Å²) in [6.07, 6.45) is 1.16. The van der Waals surface area contributed by atoms with Gasteiger partial charge in [0.05, 0.1) is 12.5 Å². The minimum Gasteiger partial charge on any atom is -0.462 e. The maximum atomic E-state index is 10.9. The van der Waals surface area contributed by atoms with E-state index < -0.39 is 6.10 Å². The monoisotopic (exact) mass is 172 g/mol. The summed E-state index contributed by atoms with van der Waals surface area (Å²) in [5.74, 6) is 0.0861. The van der Waals surface area contributed by atoms with Crippen LogP contribution in [0.3, 0.4) is 0 Å². The largest absolute Gasteiger partial charge is 0.462 e. The zero-order chi connectivity index (χ0) is 9.14. The third-order valence-electron chi connectivity index (χ3n) is 2.47. The molecule has 70 valence electrons. The van der Waals surface area contributed by atoms with Crippen LogP contribution in [0.2, 0.25) is 0 Å². The molecule has 3 atom stereocenters. The normalized spacial score (nSPS) is 32.8. The Hall–Kier alpha value is -0.570. The summed E-state index contributed by atoms with van der Waals surface area (Å²) >= 11 is 0. The van der Waals surface area contributed by atoms with Gasteiger partial charge in [-0.25, -0.2) is 0 Å². The van der Waals surface area contributed by atoms with Gasteiger partial charge in [-0.3, -0.25) is 4.79 Å². The first-order valence-electron chi connectivity index (χ1n) is 4.51. The van der Waals surface area contributed by atoms with Crippen LogP contribution >= 0.6 is 0 Å². The summed E-state index contributed by atoms with van der Waals surface area (Å²) in [7, 11) is 0. The molecule has 1 aliphatic heterocycles. The van der Waals surface area contributed by atoms with Crippen molar-refractivity contribution in [1.29, 1.82) is 0 Å². The van der Waals surface area contributed by atoms with Crippen molar-refractivity contribution in [3.63, 3.8) is 0 Å². The summed E-state index contributed by atoms with van der Waals surface area (Å²) in [5, 5.41) is 9.29. The molecule has 0 unspecified atom stereocenters. The van der Waals surface area contributed by atoms with Gasteiger partial charge in [-0.15, -0.1) is 0 Å². The Bertz CT molecular complexity index is 167. The number of aliphatic hydroxyl groups excluding tert-OH is 1. The first-order chi connectivity index (χ1) is 5.63. The fraction of sp³-hybridized carbons (Fsp3) is 0.889. The molecule has 0 aliphatic carbocycles. The molecular weight excluding hydrogens is 156 g/mol. The third-order valence-corrected chi connectivity index (χ3v) is 2.47. The molecule has 0 saturated carbocycles. The van der Waals surface area contributed by atoms with E-state index in [4.69, 9.17) is 4.74 Å². The van der Waals surface area contributed by atoms with Crippen LogP contribution in [0.4, 0.5) is 0 Å². The second-order valence-corrected chi connectivity index (χ2v) is 3.51. The Morgan fingerprint density at radius 1 is 1.75 bits per heavy atom. The van der Waals surface area contributed by atoms with Crippen LogP contribution in [0.25, 0.3) is 0 Å². The smallest absolute Gasteiger partial charge is 0.308 e. The van der Waals surface area contributed by atoms with E-state index in [0.29, 0.717) is 12.3 Å². The first-order valence-corrected chi connectivity index (χ1v) is 4.51.